The normalized spacial score (nSPS) is 19.2. The van der Waals surface area contributed by atoms with Crippen LogP contribution in [0.25, 0.3) is 16.9 Å². The van der Waals surface area contributed by atoms with E-state index in [2.05, 4.69) is 15.7 Å². The largest absolute Gasteiger partial charge is 0.370 e. The fraction of sp³-hybridized carbons (Fsp3) is 0.458. The Kier molecular flexibility index (Phi) is 6.44. The predicted octanol–water partition coefficient (Wildman–Crippen LogP) is 3.08. The lowest BCUT2D eigenvalue weighted by Crippen LogP contribution is -2.49. The molecular formula is C24H30BClN6O. The Bertz CT molecular complexity index is 1150. The van der Waals surface area contributed by atoms with Crippen LogP contribution in [0.1, 0.15) is 38.5 Å². The molecule has 1 aliphatic heterocycles. The van der Waals surface area contributed by atoms with Crippen LogP contribution in [0, 0.1) is 5.92 Å². The highest BCUT2D eigenvalue weighted by Gasteiger charge is 2.26. The van der Waals surface area contributed by atoms with Crippen molar-refractivity contribution < 1.29 is 4.79 Å². The lowest BCUT2D eigenvalue weighted by molar-refractivity contribution is 0.165. The SMILES string of the molecule is Bc1cnn2c(NCC3CCCN(C(=O)NC4CCCC4)C3)cc(-c3ccccc3Cl)nc12. The summed E-state index contributed by atoms with van der Waals surface area (Å²) in [6, 6.07) is 10.2. The van der Waals surface area contributed by atoms with Crippen molar-refractivity contribution in [1.29, 1.82) is 0 Å². The Morgan fingerprint density at radius 1 is 1.18 bits per heavy atom. The zero-order chi connectivity index (χ0) is 22.8. The van der Waals surface area contributed by atoms with E-state index in [9.17, 15) is 4.79 Å². The van der Waals surface area contributed by atoms with Crippen LogP contribution in [0.15, 0.2) is 36.5 Å². The van der Waals surface area contributed by atoms with Gasteiger partial charge in [-0.3, -0.25) is 0 Å². The maximum atomic E-state index is 12.7. The molecule has 2 aliphatic rings. The quantitative estimate of drug-likeness (QED) is 0.569. The minimum absolute atomic E-state index is 0.0987. The molecule has 5 rings (SSSR count). The molecule has 0 spiro atoms. The highest BCUT2D eigenvalue weighted by molar-refractivity contribution is 6.36. The summed E-state index contributed by atoms with van der Waals surface area (Å²) in [4.78, 5) is 19.6. The highest BCUT2D eigenvalue weighted by atomic mass is 35.5. The maximum Gasteiger partial charge on any atom is 0.317 e. The Morgan fingerprint density at radius 2 is 2.00 bits per heavy atom. The first-order valence-electron chi connectivity index (χ1n) is 12.0. The number of fused-ring (bicyclic) bond motifs is 1. The van der Waals surface area contributed by atoms with E-state index in [1.807, 2.05) is 53.8 Å². The first-order chi connectivity index (χ1) is 16.1. The van der Waals surface area contributed by atoms with Crippen molar-refractivity contribution in [1.82, 2.24) is 24.8 Å². The molecule has 1 unspecified atom stereocenters. The van der Waals surface area contributed by atoms with Gasteiger partial charge in [-0.1, -0.05) is 42.6 Å². The minimum atomic E-state index is 0.0987. The van der Waals surface area contributed by atoms with Crippen LogP contribution in [0.2, 0.25) is 5.02 Å². The van der Waals surface area contributed by atoms with E-state index in [1.165, 1.54) is 12.8 Å². The number of hydrogen-bond donors (Lipinski definition) is 2. The molecular weight excluding hydrogens is 435 g/mol. The van der Waals surface area contributed by atoms with Gasteiger partial charge in [0.05, 0.1) is 5.69 Å². The number of carbonyl (C=O) groups is 1. The monoisotopic (exact) mass is 464 g/mol. The summed E-state index contributed by atoms with van der Waals surface area (Å²) in [5.74, 6) is 1.27. The average Bonchev–Trinajstić information content (AvgIpc) is 3.48. The molecule has 1 aliphatic carbocycles. The number of rotatable bonds is 5. The second kappa shape index (κ2) is 9.63. The third kappa shape index (κ3) is 4.81. The lowest BCUT2D eigenvalue weighted by Gasteiger charge is -2.33. The van der Waals surface area contributed by atoms with E-state index in [1.54, 1.807) is 0 Å². The Morgan fingerprint density at radius 3 is 2.82 bits per heavy atom. The van der Waals surface area contributed by atoms with Crippen molar-refractivity contribution in [3.8, 4) is 11.3 Å². The van der Waals surface area contributed by atoms with Crippen molar-refractivity contribution >= 4 is 42.4 Å². The molecule has 1 aromatic carbocycles. The molecule has 2 N–H and O–H groups in total. The van der Waals surface area contributed by atoms with Gasteiger partial charge >= 0.3 is 6.03 Å². The number of benzene rings is 1. The highest BCUT2D eigenvalue weighted by Crippen LogP contribution is 2.28. The van der Waals surface area contributed by atoms with Crippen molar-refractivity contribution in [2.45, 2.75) is 44.6 Å². The van der Waals surface area contributed by atoms with Gasteiger partial charge in [-0.25, -0.2) is 9.78 Å². The summed E-state index contributed by atoms with van der Waals surface area (Å²) in [6.07, 6.45) is 8.63. The Hall–Kier alpha value is -2.74. The van der Waals surface area contributed by atoms with Crippen molar-refractivity contribution in [3.63, 3.8) is 0 Å². The van der Waals surface area contributed by atoms with E-state index in [0.717, 1.165) is 73.5 Å². The zero-order valence-electron chi connectivity index (χ0n) is 19.1. The van der Waals surface area contributed by atoms with Gasteiger partial charge in [0.25, 0.3) is 0 Å². The number of urea groups is 1. The Balaban J connectivity index is 1.31. The summed E-state index contributed by atoms with van der Waals surface area (Å²) in [6.45, 7) is 2.38. The molecule has 2 amide bonds. The van der Waals surface area contributed by atoms with Gasteiger partial charge in [0.15, 0.2) is 5.65 Å². The molecule has 172 valence electrons. The third-order valence-electron chi connectivity index (χ3n) is 6.86. The van der Waals surface area contributed by atoms with E-state index in [0.29, 0.717) is 17.0 Å². The minimum Gasteiger partial charge on any atom is -0.370 e. The van der Waals surface area contributed by atoms with Gasteiger partial charge in [0.2, 0.25) is 0 Å². The van der Waals surface area contributed by atoms with Gasteiger partial charge < -0.3 is 15.5 Å². The van der Waals surface area contributed by atoms with Gasteiger partial charge in [0.1, 0.15) is 13.7 Å². The number of anilines is 1. The number of amides is 2. The smallest absolute Gasteiger partial charge is 0.317 e. The molecule has 7 nitrogen and oxygen atoms in total. The molecule has 3 heterocycles. The van der Waals surface area contributed by atoms with Crippen LogP contribution in [-0.2, 0) is 0 Å². The summed E-state index contributed by atoms with van der Waals surface area (Å²) < 4.78 is 1.85. The topological polar surface area (TPSA) is 74.6 Å². The second-order valence-electron chi connectivity index (χ2n) is 9.34. The second-order valence-corrected chi connectivity index (χ2v) is 9.74. The van der Waals surface area contributed by atoms with Gasteiger partial charge in [-0.15, -0.1) is 0 Å². The van der Waals surface area contributed by atoms with Crippen molar-refractivity contribution in [2.75, 3.05) is 25.0 Å². The van der Waals surface area contributed by atoms with Crippen LogP contribution >= 0.6 is 11.6 Å². The molecule has 3 aromatic rings. The molecule has 1 saturated heterocycles. The summed E-state index contributed by atoms with van der Waals surface area (Å²) in [5.41, 5.74) is 3.55. The molecule has 33 heavy (non-hydrogen) atoms. The predicted molar refractivity (Wildman–Crippen MR) is 135 cm³/mol. The number of carbonyl (C=O) groups excluding carboxylic acids is 1. The molecule has 2 aromatic heterocycles. The molecule has 9 heteroatoms. The zero-order valence-corrected chi connectivity index (χ0v) is 19.8. The third-order valence-corrected chi connectivity index (χ3v) is 7.19. The number of likely N-dealkylation sites (tertiary alicyclic amines) is 1. The number of halogens is 1. The van der Waals surface area contributed by atoms with E-state index >= 15 is 0 Å². The van der Waals surface area contributed by atoms with Gasteiger partial charge in [-0.05, 0) is 43.1 Å². The fourth-order valence-electron chi connectivity index (χ4n) is 5.01. The first kappa shape index (κ1) is 22.1. The number of piperidine rings is 1. The van der Waals surface area contributed by atoms with Crippen LogP contribution in [0.5, 0.6) is 0 Å². The molecule has 0 radical (unpaired) electrons. The van der Waals surface area contributed by atoms with Gasteiger partial charge in [0, 0.05) is 48.5 Å². The van der Waals surface area contributed by atoms with E-state index in [4.69, 9.17) is 16.6 Å². The maximum absolute atomic E-state index is 12.7. The molecule has 0 bridgehead atoms. The average molecular weight is 465 g/mol. The number of aromatic nitrogens is 3. The van der Waals surface area contributed by atoms with Gasteiger partial charge in [-0.2, -0.15) is 9.61 Å². The molecule has 2 fully saturated rings. The van der Waals surface area contributed by atoms with E-state index < -0.39 is 0 Å². The fourth-order valence-corrected chi connectivity index (χ4v) is 5.24. The van der Waals surface area contributed by atoms with Crippen molar-refractivity contribution in [3.05, 3.63) is 41.6 Å². The van der Waals surface area contributed by atoms with Crippen LogP contribution < -0.4 is 16.1 Å². The van der Waals surface area contributed by atoms with Crippen LogP contribution in [0.4, 0.5) is 10.6 Å². The first-order valence-corrected chi connectivity index (χ1v) is 12.4. The standard InChI is InChI=1S/C24H30BClN6O/c25-19-14-28-32-22(12-21(30-23(19)32)18-9-3-4-10-20(18)26)27-13-16-6-5-11-31(15-16)24(33)29-17-7-1-2-8-17/h3-4,9-10,12,14,16-17,27H,1-2,5-8,11,13,15,25H2,(H,29,33). The molecule has 1 atom stereocenters. The number of nitrogens with one attached hydrogen (secondary N) is 2. The lowest BCUT2D eigenvalue weighted by atomic mass is 9.98. The van der Waals surface area contributed by atoms with Crippen LogP contribution in [-0.4, -0.2) is 59.1 Å². The summed E-state index contributed by atoms with van der Waals surface area (Å²) >= 11 is 6.46. The summed E-state index contributed by atoms with van der Waals surface area (Å²) in [5, 5.41) is 12.0. The molecule has 1 saturated carbocycles. The number of nitrogens with zero attached hydrogens (tertiary/aromatic N) is 4. The number of hydrogen-bond acceptors (Lipinski definition) is 4. The Labute approximate surface area is 200 Å². The van der Waals surface area contributed by atoms with E-state index in [-0.39, 0.29) is 6.03 Å². The van der Waals surface area contributed by atoms with Crippen molar-refractivity contribution in [2.24, 2.45) is 5.92 Å². The summed E-state index contributed by atoms with van der Waals surface area (Å²) in [7, 11) is 2.01. The van der Waals surface area contributed by atoms with Crippen LogP contribution in [0.3, 0.4) is 0 Å².